The number of pyridine rings is 1. The Morgan fingerprint density at radius 2 is 1.95 bits per heavy atom. The van der Waals surface area contributed by atoms with Gasteiger partial charge in [-0.3, -0.25) is 9.36 Å². The molecule has 0 aliphatic carbocycles. The van der Waals surface area contributed by atoms with E-state index >= 15 is 0 Å². The van der Waals surface area contributed by atoms with E-state index in [2.05, 4.69) is 13.8 Å². The van der Waals surface area contributed by atoms with Gasteiger partial charge in [-0.25, -0.2) is 0 Å². The number of aromatic hydroxyl groups is 1. The molecule has 1 unspecified atom stereocenters. The molecule has 1 aromatic heterocycles. The maximum absolute atomic E-state index is 12.3. The molecule has 4 heteroatoms. The molecular formula is C16H24N2O2. The van der Waals surface area contributed by atoms with Crippen molar-refractivity contribution in [2.45, 2.75) is 59.9 Å². The van der Waals surface area contributed by atoms with Crippen LogP contribution < -0.4 is 5.56 Å². The van der Waals surface area contributed by atoms with Crippen molar-refractivity contribution in [3.05, 3.63) is 27.0 Å². The molecule has 4 nitrogen and oxygen atoms in total. The fourth-order valence-corrected chi connectivity index (χ4v) is 2.43. The van der Waals surface area contributed by atoms with E-state index in [1.165, 1.54) is 4.57 Å². The quantitative estimate of drug-likeness (QED) is 0.867. The SMILES string of the molecule is CCCCC(CC)Cn1c(O)c(C)c(C)c(C#N)c1=O. The molecule has 1 aromatic rings. The Hall–Kier alpha value is -1.76. The van der Waals surface area contributed by atoms with E-state index in [0.29, 0.717) is 23.6 Å². The molecule has 1 N–H and O–H groups in total. The molecule has 0 saturated carbocycles. The highest BCUT2D eigenvalue weighted by molar-refractivity contribution is 5.44. The van der Waals surface area contributed by atoms with Crippen molar-refractivity contribution >= 4 is 0 Å². The Bertz CT molecular complexity index is 567. The topological polar surface area (TPSA) is 66.0 Å². The molecule has 1 atom stereocenters. The summed E-state index contributed by atoms with van der Waals surface area (Å²) in [6.07, 6.45) is 4.23. The lowest BCUT2D eigenvalue weighted by atomic mass is 9.98. The number of nitriles is 1. The van der Waals surface area contributed by atoms with Crippen LogP contribution in [-0.2, 0) is 6.54 Å². The summed E-state index contributed by atoms with van der Waals surface area (Å²) in [6, 6.07) is 1.96. The first kappa shape index (κ1) is 16.3. The van der Waals surface area contributed by atoms with Crippen LogP contribution in [0.5, 0.6) is 5.88 Å². The zero-order valence-corrected chi connectivity index (χ0v) is 12.9. The standard InChI is InChI=1S/C16H24N2O2/c1-5-7-8-13(6-2)10-18-15(19)12(4)11(3)14(9-17)16(18)20/h13,19H,5-8,10H2,1-4H3. The lowest BCUT2D eigenvalue weighted by Crippen LogP contribution is -2.27. The van der Waals surface area contributed by atoms with E-state index in [0.717, 1.165) is 25.7 Å². The molecular weight excluding hydrogens is 252 g/mol. The predicted octanol–water partition coefficient (Wildman–Crippen LogP) is 3.26. The first-order valence-corrected chi connectivity index (χ1v) is 7.30. The summed E-state index contributed by atoms with van der Waals surface area (Å²) >= 11 is 0. The van der Waals surface area contributed by atoms with E-state index in [1.54, 1.807) is 13.8 Å². The summed E-state index contributed by atoms with van der Waals surface area (Å²) in [6.45, 7) is 8.16. The van der Waals surface area contributed by atoms with Crippen molar-refractivity contribution < 1.29 is 5.11 Å². The average molecular weight is 276 g/mol. The lowest BCUT2D eigenvalue weighted by molar-refractivity contribution is 0.337. The second-order valence-corrected chi connectivity index (χ2v) is 5.39. The smallest absolute Gasteiger partial charge is 0.271 e. The number of hydrogen-bond donors (Lipinski definition) is 1. The number of hydrogen-bond acceptors (Lipinski definition) is 3. The van der Waals surface area contributed by atoms with Gasteiger partial charge in [-0.15, -0.1) is 0 Å². The van der Waals surface area contributed by atoms with Crippen molar-refractivity contribution in [3.63, 3.8) is 0 Å². The van der Waals surface area contributed by atoms with Crippen LogP contribution in [0.15, 0.2) is 4.79 Å². The zero-order chi connectivity index (χ0) is 15.3. The molecule has 20 heavy (non-hydrogen) atoms. The second kappa shape index (κ2) is 7.14. The summed E-state index contributed by atoms with van der Waals surface area (Å²) in [4.78, 5) is 12.3. The fraction of sp³-hybridized carbons (Fsp3) is 0.625. The number of unbranched alkanes of at least 4 members (excludes halogenated alkanes) is 1. The van der Waals surface area contributed by atoms with Crippen LogP contribution in [0, 0.1) is 31.1 Å². The van der Waals surface area contributed by atoms with Gasteiger partial charge in [0.1, 0.15) is 11.6 Å². The van der Waals surface area contributed by atoms with Crippen LogP contribution in [-0.4, -0.2) is 9.67 Å². The summed E-state index contributed by atoms with van der Waals surface area (Å²) in [5, 5.41) is 19.3. The van der Waals surface area contributed by atoms with Crippen molar-refractivity contribution in [3.8, 4) is 11.9 Å². The van der Waals surface area contributed by atoms with Crippen LogP contribution in [0.3, 0.4) is 0 Å². The molecule has 0 amide bonds. The van der Waals surface area contributed by atoms with Gasteiger partial charge < -0.3 is 5.11 Å². The highest BCUT2D eigenvalue weighted by Gasteiger charge is 2.18. The van der Waals surface area contributed by atoms with Gasteiger partial charge in [0.15, 0.2) is 5.88 Å². The molecule has 0 radical (unpaired) electrons. The maximum atomic E-state index is 12.3. The summed E-state index contributed by atoms with van der Waals surface area (Å²) < 4.78 is 1.37. The third-order valence-electron chi connectivity index (χ3n) is 4.08. The Balaban J connectivity index is 3.22. The summed E-state index contributed by atoms with van der Waals surface area (Å²) in [5.41, 5.74) is 0.966. The van der Waals surface area contributed by atoms with Gasteiger partial charge in [-0.1, -0.05) is 33.1 Å². The van der Waals surface area contributed by atoms with Crippen LogP contribution in [0.1, 0.15) is 56.2 Å². The molecule has 0 aromatic carbocycles. The van der Waals surface area contributed by atoms with E-state index in [9.17, 15) is 9.90 Å². The third kappa shape index (κ3) is 3.22. The molecule has 0 aliphatic heterocycles. The summed E-state index contributed by atoms with van der Waals surface area (Å²) in [7, 11) is 0. The van der Waals surface area contributed by atoms with Gasteiger partial charge in [0, 0.05) is 12.1 Å². The molecule has 0 saturated heterocycles. The van der Waals surface area contributed by atoms with E-state index in [4.69, 9.17) is 5.26 Å². The van der Waals surface area contributed by atoms with Crippen molar-refractivity contribution in [1.82, 2.24) is 4.57 Å². The fourth-order valence-electron chi connectivity index (χ4n) is 2.43. The molecule has 0 aliphatic rings. The van der Waals surface area contributed by atoms with Crippen molar-refractivity contribution in [1.29, 1.82) is 5.26 Å². The Kier molecular flexibility index (Phi) is 5.82. The molecule has 1 heterocycles. The first-order valence-electron chi connectivity index (χ1n) is 7.30. The summed E-state index contributed by atoms with van der Waals surface area (Å²) in [5.74, 6) is 0.355. The van der Waals surface area contributed by atoms with Crippen LogP contribution in [0.4, 0.5) is 0 Å². The first-order chi connectivity index (χ1) is 9.47. The predicted molar refractivity (Wildman–Crippen MR) is 79.9 cm³/mol. The van der Waals surface area contributed by atoms with Gasteiger partial charge in [0.2, 0.25) is 0 Å². The van der Waals surface area contributed by atoms with Gasteiger partial charge in [-0.2, -0.15) is 5.26 Å². The van der Waals surface area contributed by atoms with Gasteiger partial charge >= 0.3 is 0 Å². The normalized spacial score (nSPS) is 12.2. The molecule has 0 fully saturated rings. The minimum absolute atomic E-state index is 0.00134. The molecule has 1 rings (SSSR count). The Morgan fingerprint density at radius 1 is 1.30 bits per heavy atom. The van der Waals surface area contributed by atoms with E-state index in [1.807, 2.05) is 6.07 Å². The zero-order valence-electron chi connectivity index (χ0n) is 12.9. The van der Waals surface area contributed by atoms with Gasteiger partial charge in [-0.05, 0) is 31.7 Å². The lowest BCUT2D eigenvalue weighted by Gasteiger charge is -2.19. The minimum atomic E-state index is -0.372. The number of nitrogens with zero attached hydrogens (tertiary/aromatic N) is 2. The van der Waals surface area contributed by atoms with E-state index < -0.39 is 0 Å². The minimum Gasteiger partial charge on any atom is -0.494 e. The molecule has 0 bridgehead atoms. The van der Waals surface area contributed by atoms with Crippen LogP contribution in [0.25, 0.3) is 0 Å². The molecule has 110 valence electrons. The largest absolute Gasteiger partial charge is 0.494 e. The highest BCUT2D eigenvalue weighted by Crippen LogP contribution is 2.23. The third-order valence-corrected chi connectivity index (χ3v) is 4.08. The monoisotopic (exact) mass is 276 g/mol. The van der Waals surface area contributed by atoms with Crippen molar-refractivity contribution in [2.75, 3.05) is 0 Å². The Labute approximate surface area is 120 Å². The van der Waals surface area contributed by atoms with Crippen LogP contribution in [0.2, 0.25) is 0 Å². The van der Waals surface area contributed by atoms with Crippen molar-refractivity contribution in [2.24, 2.45) is 5.92 Å². The highest BCUT2D eigenvalue weighted by atomic mass is 16.3. The van der Waals surface area contributed by atoms with Gasteiger partial charge in [0.05, 0.1) is 0 Å². The van der Waals surface area contributed by atoms with Crippen LogP contribution >= 0.6 is 0 Å². The number of aromatic nitrogens is 1. The Morgan fingerprint density at radius 3 is 2.45 bits per heavy atom. The number of rotatable bonds is 6. The van der Waals surface area contributed by atoms with Gasteiger partial charge in [0.25, 0.3) is 5.56 Å². The maximum Gasteiger partial charge on any atom is 0.271 e. The molecule has 0 spiro atoms. The average Bonchev–Trinajstić information content (AvgIpc) is 2.45. The second-order valence-electron chi connectivity index (χ2n) is 5.39. The van der Waals surface area contributed by atoms with E-state index in [-0.39, 0.29) is 17.0 Å².